The Balaban J connectivity index is 2.85. The van der Waals surface area contributed by atoms with Gasteiger partial charge < -0.3 is 15.8 Å². The Kier molecular flexibility index (Phi) is 1.44. The molecule has 0 aliphatic heterocycles. The molecule has 3 heteroatoms. The second-order valence-corrected chi connectivity index (χ2v) is 2.10. The molecule has 50 valence electrons. The molecule has 0 aliphatic rings. The first-order valence-electron chi connectivity index (χ1n) is 2.83. The summed E-state index contributed by atoms with van der Waals surface area (Å²) < 4.78 is 0. The van der Waals surface area contributed by atoms with Crippen LogP contribution in [0, 0.1) is 0 Å². The number of H-pyrrole nitrogens is 1. The summed E-state index contributed by atoms with van der Waals surface area (Å²) in [7, 11) is 0. The summed E-state index contributed by atoms with van der Waals surface area (Å²) in [4.78, 5) is 2.83. The van der Waals surface area contributed by atoms with E-state index in [1.807, 2.05) is 6.92 Å². The number of hydrogen-bond acceptors (Lipinski definition) is 2. The van der Waals surface area contributed by atoms with Gasteiger partial charge in [0, 0.05) is 24.0 Å². The smallest absolute Gasteiger partial charge is 0.133 e. The van der Waals surface area contributed by atoms with Gasteiger partial charge in [-0.2, -0.15) is 0 Å². The number of nitrogens with one attached hydrogen (secondary N) is 1. The van der Waals surface area contributed by atoms with E-state index in [1.54, 1.807) is 6.07 Å². The highest BCUT2D eigenvalue weighted by molar-refractivity contribution is 5.22. The van der Waals surface area contributed by atoms with Crippen molar-refractivity contribution in [2.45, 2.75) is 13.0 Å². The van der Waals surface area contributed by atoms with Gasteiger partial charge in [-0.25, -0.2) is 0 Å². The van der Waals surface area contributed by atoms with Crippen LogP contribution in [0.4, 0.5) is 0 Å². The molecule has 0 radical (unpaired) electrons. The van der Waals surface area contributed by atoms with Crippen LogP contribution in [0.1, 0.15) is 18.7 Å². The van der Waals surface area contributed by atoms with Gasteiger partial charge in [-0.15, -0.1) is 0 Å². The molecule has 4 N–H and O–H groups in total. The van der Waals surface area contributed by atoms with Crippen molar-refractivity contribution < 1.29 is 5.11 Å². The molecule has 0 aromatic carbocycles. The normalized spacial score (nSPS) is 13.6. The maximum absolute atomic E-state index is 8.82. The van der Waals surface area contributed by atoms with Crippen LogP contribution < -0.4 is 5.73 Å². The standard InChI is InChI=1S/C6H10N2O/c1-4(7)6-2-5(9)3-8-6/h2-4,8-9H,7H2,1H3. The third-order valence-electron chi connectivity index (χ3n) is 1.18. The second kappa shape index (κ2) is 2.11. The van der Waals surface area contributed by atoms with Gasteiger partial charge in [-0.05, 0) is 6.92 Å². The van der Waals surface area contributed by atoms with E-state index < -0.39 is 0 Å². The summed E-state index contributed by atoms with van der Waals surface area (Å²) in [5.74, 6) is 0.238. The van der Waals surface area contributed by atoms with Crippen molar-refractivity contribution in [2.24, 2.45) is 5.73 Å². The fourth-order valence-corrected chi connectivity index (χ4v) is 0.663. The number of aromatic nitrogens is 1. The minimum Gasteiger partial charge on any atom is -0.506 e. The molecule has 0 spiro atoms. The highest BCUT2D eigenvalue weighted by Crippen LogP contribution is 2.13. The molecule has 3 nitrogen and oxygen atoms in total. The maximum atomic E-state index is 8.82. The summed E-state index contributed by atoms with van der Waals surface area (Å²) >= 11 is 0. The zero-order valence-electron chi connectivity index (χ0n) is 5.26. The van der Waals surface area contributed by atoms with Crippen LogP contribution in [0.15, 0.2) is 12.3 Å². The number of aromatic hydroxyl groups is 1. The van der Waals surface area contributed by atoms with Gasteiger partial charge in [-0.3, -0.25) is 0 Å². The molecule has 9 heavy (non-hydrogen) atoms. The highest BCUT2D eigenvalue weighted by Gasteiger charge is 2.00. The molecule has 1 aromatic heterocycles. The highest BCUT2D eigenvalue weighted by atomic mass is 16.3. The largest absolute Gasteiger partial charge is 0.506 e. The molecular formula is C6H10N2O. The van der Waals surface area contributed by atoms with Crippen molar-refractivity contribution in [3.8, 4) is 5.75 Å². The Morgan fingerprint density at radius 1 is 1.78 bits per heavy atom. The van der Waals surface area contributed by atoms with Crippen LogP contribution in [-0.2, 0) is 0 Å². The molecular weight excluding hydrogens is 116 g/mol. The summed E-state index contributed by atoms with van der Waals surface area (Å²) in [5.41, 5.74) is 6.34. The van der Waals surface area contributed by atoms with Crippen molar-refractivity contribution in [2.75, 3.05) is 0 Å². The van der Waals surface area contributed by atoms with Crippen molar-refractivity contribution in [1.82, 2.24) is 4.98 Å². The Morgan fingerprint density at radius 2 is 2.44 bits per heavy atom. The van der Waals surface area contributed by atoms with E-state index in [0.29, 0.717) is 0 Å². The molecule has 0 fully saturated rings. The van der Waals surface area contributed by atoms with E-state index in [-0.39, 0.29) is 11.8 Å². The van der Waals surface area contributed by atoms with Crippen LogP contribution >= 0.6 is 0 Å². The number of aromatic amines is 1. The van der Waals surface area contributed by atoms with Crippen LogP contribution in [-0.4, -0.2) is 10.1 Å². The van der Waals surface area contributed by atoms with Crippen molar-refractivity contribution in [3.63, 3.8) is 0 Å². The molecule has 1 aromatic rings. The number of hydrogen-bond donors (Lipinski definition) is 3. The molecule has 0 amide bonds. The van der Waals surface area contributed by atoms with Crippen LogP contribution in [0.3, 0.4) is 0 Å². The summed E-state index contributed by atoms with van der Waals surface area (Å²) in [6.45, 7) is 1.85. The predicted octanol–water partition coefficient (Wildman–Crippen LogP) is 0.740. The minimum atomic E-state index is -0.0362. The molecule has 1 rings (SSSR count). The van der Waals surface area contributed by atoms with Crippen LogP contribution in [0.5, 0.6) is 5.75 Å². The zero-order valence-corrected chi connectivity index (χ0v) is 5.26. The minimum absolute atomic E-state index is 0.0362. The van der Waals surface area contributed by atoms with E-state index in [4.69, 9.17) is 10.8 Å². The van der Waals surface area contributed by atoms with Gasteiger partial charge in [0.15, 0.2) is 0 Å². The Bertz CT molecular complexity index is 193. The Hall–Kier alpha value is -0.960. The van der Waals surface area contributed by atoms with Crippen LogP contribution in [0.25, 0.3) is 0 Å². The first kappa shape index (κ1) is 6.16. The van der Waals surface area contributed by atoms with E-state index in [9.17, 15) is 0 Å². The molecule has 0 bridgehead atoms. The van der Waals surface area contributed by atoms with Crippen molar-refractivity contribution in [1.29, 1.82) is 0 Å². The molecule has 0 saturated heterocycles. The average molecular weight is 126 g/mol. The first-order valence-corrected chi connectivity index (χ1v) is 2.83. The van der Waals surface area contributed by atoms with Gasteiger partial charge in [0.25, 0.3) is 0 Å². The fraction of sp³-hybridized carbons (Fsp3) is 0.333. The quantitative estimate of drug-likeness (QED) is 0.519. The zero-order chi connectivity index (χ0) is 6.85. The lowest BCUT2D eigenvalue weighted by molar-refractivity contribution is 0.476. The topological polar surface area (TPSA) is 62.0 Å². The van der Waals surface area contributed by atoms with E-state index >= 15 is 0 Å². The monoisotopic (exact) mass is 126 g/mol. The van der Waals surface area contributed by atoms with E-state index in [0.717, 1.165) is 5.69 Å². The second-order valence-electron chi connectivity index (χ2n) is 2.10. The van der Waals surface area contributed by atoms with Crippen molar-refractivity contribution in [3.05, 3.63) is 18.0 Å². The van der Waals surface area contributed by atoms with Gasteiger partial charge >= 0.3 is 0 Å². The lowest BCUT2D eigenvalue weighted by Crippen LogP contribution is -2.04. The summed E-state index contributed by atoms with van der Waals surface area (Å²) in [5, 5.41) is 8.82. The average Bonchev–Trinajstić information content (AvgIpc) is 2.14. The van der Waals surface area contributed by atoms with Gasteiger partial charge in [0.1, 0.15) is 5.75 Å². The molecule has 1 unspecified atom stereocenters. The third-order valence-corrected chi connectivity index (χ3v) is 1.18. The van der Waals surface area contributed by atoms with Crippen molar-refractivity contribution >= 4 is 0 Å². The fourth-order valence-electron chi connectivity index (χ4n) is 0.663. The third kappa shape index (κ3) is 1.23. The van der Waals surface area contributed by atoms with Gasteiger partial charge in [0.2, 0.25) is 0 Å². The predicted molar refractivity (Wildman–Crippen MR) is 35.1 cm³/mol. The molecule has 1 heterocycles. The SMILES string of the molecule is CC(N)c1cc(O)c[nH]1. The number of rotatable bonds is 1. The van der Waals surface area contributed by atoms with E-state index in [1.165, 1.54) is 6.20 Å². The van der Waals surface area contributed by atoms with Crippen LogP contribution in [0.2, 0.25) is 0 Å². The Labute approximate surface area is 53.5 Å². The lowest BCUT2D eigenvalue weighted by Gasteiger charge is -1.97. The lowest BCUT2D eigenvalue weighted by atomic mass is 10.3. The molecule has 1 atom stereocenters. The molecule has 0 aliphatic carbocycles. The summed E-state index contributed by atoms with van der Waals surface area (Å²) in [6.07, 6.45) is 1.51. The van der Waals surface area contributed by atoms with E-state index in [2.05, 4.69) is 4.98 Å². The number of nitrogens with two attached hydrogens (primary N) is 1. The first-order chi connectivity index (χ1) is 4.20. The van der Waals surface area contributed by atoms with Gasteiger partial charge in [-0.1, -0.05) is 0 Å². The summed E-state index contributed by atoms with van der Waals surface area (Å²) in [6, 6.07) is 1.58. The Morgan fingerprint density at radius 3 is 2.67 bits per heavy atom. The molecule has 0 saturated carbocycles. The van der Waals surface area contributed by atoms with Gasteiger partial charge in [0.05, 0.1) is 0 Å². The maximum Gasteiger partial charge on any atom is 0.133 e.